The number of aliphatic imine (C=N–C) groups is 1. The van der Waals surface area contributed by atoms with Gasteiger partial charge in [0.15, 0.2) is 5.96 Å². The summed E-state index contributed by atoms with van der Waals surface area (Å²) in [6.07, 6.45) is 1.95. The molecule has 1 aliphatic rings. The van der Waals surface area contributed by atoms with Crippen molar-refractivity contribution < 1.29 is 0 Å². The summed E-state index contributed by atoms with van der Waals surface area (Å²) in [6, 6.07) is 10.7. The van der Waals surface area contributed by atoms with Gasteiger partial charge >= 0.3 is 0 Å². The van der Waals surface area contributed by atoms with Gasteiger partial charge in [-0.25, -0.2) is 19.3 Å². The molecule has 0 bridgehead atoms. The maximum Gasteiger partial charge on any atom is 0.191 e. The second kappa shape index (κ2) is 8.69. The van der Waals surface area contributed by atoms with Crippen LogP contribution >= 0.6 is 0 Å². The minimum absolute atomic E-state index is 0.280. The van der Waals surface area contributed by atoms with E-state index < -0.39 is 0 Å². The molecule has 0 fully saturated rings. The summed E-state index contributed by atoms with van der Waals surface area (Å²) in [5.74, 6) is 2.74. The monoisotopic (exact) mass is 406 g/mol. The fraction of sp³-hybridized carbons (Fsp3) is 0.455. The summed E-state index contributed by atoms with van der Waals surface area (Å²) in [5.41, 5.74) is 4.35. The molecule has 158 valence electrons. The van der Waals surface area contributed by atoms with Crippen LogP contribution in [0.4, 0.5) is 0 Å². The molecule has 0 aliphatic carbocycles. The van der Waals surface area contributed by atoms with Crippen molar-refractivity contribution in [2.45, 2.75) is 59.7 Å². The SMILES string of the molecule is CCNC(=NCc1ccccc1-n1nc(C)cc1C)NC1CCc2nc(C)nn2C1. The molecular weight excluding hydrogens is 376 g/mol. The normalized spacial score (nSPS) is 16.4. The van der Waals surface area contributed by atoms with Crippen molar-refractivity contribution in [1.29, 1.82) is 0 Å². The third-order valence-corrected chi connectivity index (χ3v) is 5.29. The van der Waals surface area contributed by atoms with Crippen LogP contribution in [-0.2, 0) is 19.5 Å². The second-order valence-corrected chi connectivity index (χ2v) is 7.80. The molecule has 2 N–H and O–H groups in total. The summed E-state index contributed by atoms with van der Waals surface area (Å²) in [7, 11) is 0. The molecule has 1 unspecified atom stereocenters. The van der Waals surface area contributed by atoms with E-state index in [1.165, 1.54) is 0 Å². The number of aromatic nitrogens is 5. The van der Waals surface area contributed by atoms with Gasteiger partial charge in [-0.05, 0) is 51.8 Å². The van der Waals surface area contributed by atoms with Crippen LogP contribution in [0, 0.1) is 20.8 Å². The highest BCUT2D eigenvalue weighted by atomic mass is 15.4. The lowest BCUT2D eigenvalue weighted by atomic mass is 10.1. The Bertz CT molecular complexity index is 1050. The van der Waals surface area contributed by atoms with E-state index in [0.29, 0.717) is 6.54 Å². The van der Waals surface area contributed by atoms with Crippen molar-refractivity contribution in [3.8, 4) is 5.69 Å². The lowest BCUT2D eigenvalue weighted by Gasteiger charge is -2.25. The highest BCUT2D eigenvalue weighted by Crippen LogP contribution is 2.18. The summed E-state index contributed by atoms with van der Waals surface area (Å²) < 4.78 is 4.01. The van der Waals surface area contributed by atoms with Crippen molar-refractivity contribution >= 4 is 5.96 Å². The molecule has 0 radical (unpaired) electrons. The third-order valence-electron chi connectivity index (χ3n) is 5.29. The number of nitrogens with zero attached hydrogens (tertiary/aromatic N) is 6. The zero-order chi connectivity index (χ0) is 21.1. The van der Waals surface area contributed by atoms with Crippen LogP contribution in [0.25, 0.3) is 5.69 Å². The Labute approximate surface area is 177 Å². The Balaban J connectivity index is 1.51. The largest absolute Gasteiger partial charge is 0.357 e. The Hall–Kier alpha value is -3.16. The predicted molar refractivity (Wildman–Crippen MR) is 118 cm³/mol. The molecule has 4 rings (SSSR count). The lowest BCUT2D eigenvalue weighted by molar-refractivity contribution is 0.392. The minimum Gasteiger partial charge on any atom is -0.357 e. The third kappa shape index (κ3) is 4.37. The van der Waals surface area contributed by atoms with Gasteiger partial charge in [0, 0.05) is 24.7 Å². The van der Waals surface area contributed by atoms with Gasteiger partial charge in [-0.1, -0.05) is 18.2 Å². The van der Waals surface area contributed by atoms with Gasteiger partial charge in [0.2, 0.25) is 0 Å². The number of aryl methyl sites for hydroxylation is 4. The molecule has 30 heavy (non-hydrogen) atoms. The average Bonchev–Trinajstić information content (AvgIpc) is 3.26. The number of nitrogens with one attached hydrogen (secondary N) is 2. The maximum absolute atomic E-state index is 4.87. The van der Waals surface area contributed by atoms with Gasteiger partial charge in [-0.15, -0.1) is 0 Å². The van der Waals surface area contributed by atoms with Crippen molar-refractivity contribution in [1.82, 2.24) is 35.2 Å². The lowest BCUT2D eigenvalue weighted by Crippen LogP contribution is -2.47. The van der Waals surface area contributed by atoms with Gasteiger partial charge < -0.3 is 10.6 Å². The summed E-state index contributed by atoms with van der Waals surface area (Å²) in [6.45, 7) is 10.3. The number of fused-ring (bicyclic) bond motifs is 1. The summed E-state index contributed by atoms with van der Waals surface area (Å²) in [4.78, 5) is 9.36. The molecule has 0 saturated heterocycles. The van der Waals surface area contributed by atoms with E-state index in [-0.39, 0.29) is 6.04 Å². The number of hydrogen-bond donors (Lipinski definition) is 2. The van der Waals surface area contributed by atoms with Crippen molar-refractivity contribution in [3.63, 3.8) is 0 Å². The number of rotatable bonds is 5. The van der Waals surface area contributed by atoms with Crippen molar-refractivity contribution in [3.05, 3.63) is 58.9 Å². The molecule has 1 aliphatic heterocycles. The standard InChI is InChI=1S/C22H30N8/c1-5-23-22(26-19-10-11-21-25-17(4)28-29(21)14-19)24-13-18-8-6-7-9-20(18)30-16(3)12-15(2)27-30/h6-9,12,19H,5,10-11,13-14H2,1-4H3,(H2,23,24,26). The minimum atomic E-state index is 0.280. The zero-order valence-electron chi connectivity index (χ0n) is 18.2. The molecule has 1 aromatic carbocycles. The molecule has 2 aromatic heterocycles. The molecule has 8 nitrogen and oxygen atoms in total. The Morgan fingerprint density at radius 2 is 2.03 bits per heavy atom. The Morgan fingerprint density at radius 3 is 2.80 bits per heavy atom. The van der Waals surface area contributed by atoms with Crippen LogP contribution < -0.4 is 10.6 Å². The average molecular weight is 407 g/mol. The molecule has 8 heteroatoms. The van der Waals surface area contributed by atoms with Crippen LogP contribution in [0.2, 0.25) is 0 Å². The van der Waals surface area contributed by atoms with Gasteiger partial charge in [0.05, 0.1) is 24.5 Å². The highest BCUT2D eigenvalue weighted by Gasteiger charge is 2.21. The number of para-hydroxylation sites is 1. The maximum atomic E-state index is 4.87. The van der Waals surface area contributed by atoms with Crippen LogP contribution in [0.3, 0.4) is 0 Å². The molecule has 0 spiro atoms. The highest BCUT2D eigenvalue weighted by molar-refractivity contribution is 5.80. The van der Waals surface area contributed by atoms with Gasteiger partial charge in [0.1, 0.15) is 11.6 Å². The van der Waals surface area contributed by atoms with Crippen LogP contribution in [0.1, 0.15) is 41.9 Å². The molecular formula is C22H30N8. The fourth-order valence-electron chi connectivity index (χ4n) is 3.95. The van der Waals surface area contributed by atoms with E-state index in [2.05, 4.69) is 63.9 Å². The number of hydrogen-bond acceptors (Lipinski definition) is 4. The van der Waals surface area contributed by atoms with Gasteiger partial charge in [0.25, 0.3) is 0 Å². The van der Waals surface area contributed by atoms with E-state index in [9.17, 15) is 0 Å². The first-order valence-electron chi connectivity index (χ1n) is 10.6. The number of guanidine groups is 1. The van der Waals surface area contributed by atoms with Crippen molar-refractivity contribution in [2.75, 3.05) is 6.54 Å². The Kier molecular flexibility index (Phi) is 5.83. The van der Waals surface area contributed by atoms with Crippen LogP contribution in [0.15, 0.2) is 35.3 Å². The van der Waals surface area contributed by atoms with Crippen LogP contribution in [0.5, 0.6) is 0 Å². The zero-order valence-corrected chi connectivity index (χ0v) is 18.2. The first-order chi connectivity index (χ1) is 14.5. The summed E-state index contributed by atoms with van der Waals surface area (Å²) >= 11 is 0. The number of benzene rings is 1. The predicted octanol–water partition coefficient (Wildman–Crippen LogP) is 2.46. The van der Waals surface area contributed by atoms with Crippen LogP contribution in [-0.4, -0.2) is 43.1 Å². The smallest absolute Gasteiger partial charge is 0.191 e. The summed E-state index contributed by atoms with van der Waals surface area (Å²) in [5, 5.41) is 16.1. The Morgan fingerprint density at radius 1 is 1.20 bits per heavy atom. The van der Waals surface area contributed by atoms with Gasteiger partial charge in [-0.3, -0.25) is 0 Å². The first-order valence-corrected chi connectivity index (χ1v) is 10.6. The first kappa shape index (κ1) is 20.1. The second-order valence-electron chi connectivity index (χ2n) is 7.80. The molecule has 1 atom stereocenters. The van der Waals surface area contributed by atoms with E-state index in [4.69, 9.17) is 4.99 Å². The molecule has 3 heterocycles. The molecule has 0 amide bonds. The molecule has 3 aromatic rings. The topological polar surface area (TPSA) is 84.9 Å². The quantitative estimate of drug-likeness (QED) is 0.502. The van der Waals surface area contributed by atoms with E-state index in [1.807, 2.05) is 29.3 Å². The van der Waals surface area contributed by atoms with E-state index in [0.717, 1.165) is 66.2 Å². The van der Waals surface area contributed by atoms with Crippen molar-refractivity contribution in [2.24, 2.45) is 4.99 Å². The van der Waals surface area contributed by atoms with E-state index >= 15 is 0 Å². The van der Waals surface area contributed by atoms with Gasteiger partial charge in [-0.2, -0.15) is 10.2 Å². The fourth-order valence-corrected chi connectivity index (χ4v) is 3.95. The molecule has 0 saturated carbocycles. The van der Waals surface area contributed by atoms with E-state index in [1.54, 1.807) is 0 Å².